The zero-order valence-electron chi connectivity index (χ0n) is 15.0. The van der Waals surface area contributed by atoms with Gasteiger partial charge in [0.25, 0.3) is 5.91 Å². The Balaban J connectivity index is 1.27. The predicted octanol–water partition coefficient (Wildman–Crippen LogP) is 2.67. The maximum atomic E-state index is 12.0. The summed E-state index contributed by atoms with van der Waals surface area (Å²) in [6.45, 7) is 0.668. The number of benzene rings is 2. The Bertz CT molecular complexity index is 877. The van der Waals surface area contributed by atoms with Crippen LogP contribution in [0.15, 0.2) is 36.4 Å². The van der Waals surface area contributed by atoms with Crippen molar-refractivity contribution in [2.75, 3.05) is 25.1 Å². The van der Waals surface area contributed by atoms with Gasteiger partial charge >= 0.3 is 5.97 Å². The lowest BCUT2D eigenvalue weighted by atomic mass is 10.0. The molecule has 140 valence electrons. The summed E-state index contributed by atoms with van der Waals surface area (Å²) in [7, 11) is 0. The highest BCUT2D eigenvalue weighted by Crippen LogP contribution is 2.32. The van der Waals surface area contributed by atoms with Crippen LogP contribution in [0.25, 0.3) is 0 Å². The van der Waals surface area contributed by atoms with Crippen LogP contribution in [-0.4, -0.2) is 31.7 Å². The first kappa shape index (κ1) is 17.4. The molecule has 27 heavy (non-hydrogen) atoms. The summed E-state index contributed by atoms with van der Waals surface area (Å²) in [6, 6.07) is 11.3. The van der Waals surface area contributed by atoms with E-state index in [2.05, 4.69) is 17.4 Å². The van der Waals surface area contributed by atoms with E-state index in [9.17, 15) is 9.59 Å². The molecule has 6 heteroatoms. The van der Waals surface area contributed by atoms with Crippen molar-refractivity contribution in [3.63, 3.8) is 0 Å². The molecule has 0 saturated carbocycles. The Labute approximate surface area is 157 Å². The predicted molar refractivity (Wildman–Crippen MR) is 99.2 cm³/mol. The summed E-state index contributed by atoms with van der Waals surface area (Å²) in [6.07, 6.45) is 3.52. The molecule has 6 nitrogen and oxygen atoms in total. The summed E-state index contributed by atoms with van der Waals surface area (Å²) in [5, 5.41) is 2.69. The van der Waals surface area contributed by atoms with Gasteiger partial charge in [0, 0.05) is 11.8 Å². The molecule has 1 aliphatic carbocycles. The normalized spacial score (nSPS) is 14.4. The molecule has 4 rings (SSSR count). The summed E-state index contributed by atoms with van der Waals surface area (Å²) < 4.78 is 16.0. The second-order valence-electron chi connectivity index (χ2n) is 6.70. The summed E-state index contributed by atoms with van der Waals surface area (Å²) >= 11 is 0. The molecule has 2 aliphatic rings. The van der Waals surface area contributed by atoms with Crippen molar-refractivity contribution in [3.05, 3.63) is 53.1 Å². The quantitative estimate of drug-likeness (QED) is 0.823. The van der Waals surface area contributed by atoms with Crippen LogP contribution in [0, 0.1) is 0 Å². The fourth-order valence-electron chi connectivity index (χ4n) is 3.42. The Kier molecular flexibility index (Phi) is 4.96. The first-order valence-corrected chi connectivity index (χ1v) is 9.13. The van der Waals surface area contributed by atoms with Gasteiger partial charge in [0.05, 0.1) is 6.42 Å². The maximum absolute atomic E-state index is 12.0. The molecular weight excluding hydrogens is 346 g/mol. The number of carbonyl (C=O) groups is 2. The minimum atomic E-state index is -0.412. The van der Waals surface area contributed by atoms with Gasteiger partial charge in [-0.25, -0.2) is 0 Å². The largest absolute Gasteiger partial charge is 0.486 e. The first-order chi connectivity index (χ1) is 13.2. The number of carbonyl (C=O) groups excluding carboxylic acids is 2. The molecule has 0 bridgehead atoms. The van der Waals surface area contributed by atoms with E-state index in [4.69, 9.17) is 14.2 Å². The van der Waals surface area contributed by atoms with Crippen molar-refractivity contribution >= 4 is 17.6 Å². The van der Waals surface area contributed by atoms with E-state index in [0.29, 0.717) is 30.4 Å². The number of aryl methyl sites for hydroxylation is 2. The van der Waals surface area contributed by atoms with E-state index in [1.807, 2.05) is 6.07 Å². The zero-order valence-corrected chi connectivity index (χ0v) is 15.0. The lowest BCUT2D eigenvalue weighted by molar-refractivity contribution is -0.146. The highest BCUT2D eigenvalue weighted by Gasteiger charge is 2.15. The number of ether oxygens (including phenoxy) is 3. The van der Waals surface area contributed by atoms with Gasteiger partial charge in [-0.3, -0.25) is 9.59 Å². The number of esters is 1. The van der Waals surface area contributed by atoms with Crippen LogP contribution in [0.2, 0.25) is 0 Å². The average molecular weight is 367 g/mol. The Morgan fingerprint density at radius 3 is 2.67 bits per heavy atom. The van der Waals surface area contributed by atoms with Crippen LogP contribution in [0.1, 0.15) is 23.1 Å². The second kappa shape index (κ2) is 7.70. The Hall–Kier alpha value is -3.02. The third-order valence-electron chi connectivity index (χ3n) is 4.70. The molecule has 2 aromatic rings. The number of amides is 1. The number of nitrogens with one attached hydrogen (secondary N) is 1. The molecule has 0 atom stereocenters. The molecule has 1 N–H and O–H groups in total. The number of fused-ring (bicyclic) bond motifs is 2. The minimum absolute atomic E-state index is 0.171. The fraction of sp³-hybridized carbons (Fsp3) is 0.333. The van der Waals surface area contributed by atoms with Crippen LogP contribution >= 0.6 is 0 Å². The molecular formula is C21H21NO5. The monoisotopic (exact) mass is 367 g/mol. The number of rotatable bonds is 5. The standard InChI is InChI=1S/C21H21NO5/c23-20(22-17-6-7-18-19(12-17)26-9-8-25-18)13-27-21(24)11-14-4-5-15-2-1-3-16(15)10-14/h4-7,10,12H,1-3,8-9,11,13H2,(H,22,23). The molecule has 0 radical (unpaired) electrons. The molecule has 1 aliphatic heterocycles. The van der Waals surface area contributed by atoms with Crippen molar-refractivity contribution in [3.8, 4) is 11.5 Å². The van der Waals surface area contributed by atoms with Crippen LogP contribution in [-0.2, 0) is 33.6 Å². The SMILES string of the molecule is O=C(COC(=O)Cc1ccc2c(c1)CCC2)Nc1ccc2c(c1)OCCO2. The average Bonchev–Trinajstić information content (AvgIpc) is 3.14. The summed E-state index contributed by atoms with van der Waals surface area (Å²) in [5.41, 5.74) is 4.18. The van der Waals surface area contributed by atoms with Crippen LogP contribution in [0.4, 0.5) is 5.69 Å². The van der Waals surface area contributed by atoms with E-state index in [1.165, 1.54) is 17.5 Å². The van der Waals surface area contributed by atoms with Crippen LogP contribution in [0.5, 0.6) is 11.5 Å². The van der Waals surface area contributed by atoms with E-state index in [-0.39, 0.29) is 13.0 Å². The Morgan fingerprint density at radius 2 is 1.78 bits per heavy atom. The van der Waals surface area contributed by atoms with E-state index in [0.717, 1.165) is 18.4 Å². The Morgan fingerprint density at radius 1 is 0.963 bits per heavy atom. The van der Waals surface area contributed by atoms with Crippen molar-refractivity contribution in [2.24, 2.45) is 0 Å². The fourth-order valence-corrected chi connectivity index (χ4v) is 3.42. The molecule has 1 heterocycles. The van der Waals surface area contributed by atoms with Gasteiger partial charge < -0.3 is 19.5 Å². The smallest absolute Gasteiger partial charge is 0.310 e. The highest BCUT2D eigenvalue weighted by atomic mass is 16.6. The van der Waals surface area contributed by atoms with Gasteiger partial charge in [-0.15, -0.1) is 0 Å². The molecule has 2 aromatic carbocycles. The number of hydrogen-bond acceptors (Lipinski definition) is 5. The van der Waals surface area contributed by atoms with Crippen LogP contribution in [0.3, 0.4) is 0 Å². The molecule has 0 spiro atoms. The summed E-state index contributed by atoms with van der Waals surface area (Å²) in [4.78, 5) is 24.1. The van der Waals surface area contributed by atoms with Gasteiger partial charge in [0.1, 0.15) is 13.2 Å². The van der Waals surface area contributed by atoms with Gasteiger partial charge in [0.15, 0.2) is 18.1 Å². The number of hydrogen-bond donors (Lipinski definition) is 1. The van der Waals surface area contributed by atoms with E-state index in [1.54, 1.807) is 18.2 Å². The van der Waals surface area contributed by atoms with Crippen molar-refractivity contribution in [1.29, 1.82) is 0 Å². The lowest BCUT2D eigenvalue weighted by Gasteiger charge is -2.19. The topological polar surface area (TPSA) is 73.9 Å². The van der Waals surface area contributed by atoms with Gasteiger partial charge in [-0.05, 0) is 48.1 Å². The molecule has 0 unspecified atom stereocenters. The number of anilines is 1. The van der Waals surface area contributed by atoms with Crippen molar-refractivity contribution in [1.82, 2.24) is 0 Å². The zero-order chi connectivity index (χ0) is 18.6. The van der Waals surface area contributed by atoms with Gasteiger partial charge in [0.2, 0.25) is 0 Å². The molecule has 0 aromatic heterocycles. The van der Waals surface area contributed by atoms with Crippen LogP contribution < -0.4 is 14.8 Å². The van der Waals surface area contributed by atoms with Gasteiger partial charge in [-0.2, -0.15) is 0 Å². The second-order valence-corrected chi connectivity index (χ2v) is 6.70. The van der Waals surface area contributed by atoms with Crippen molar-refractivity contribution in [2.45, 2.75) is 25.7 Å². The van der Waals surface area contributed by atoms with Gasteiger partial charge in [-0.1, -0.05) is 18.2 Å². The molecule has 1 amide bonds. The summed E-state index contributed by atoms with van der Waals surface area (Å²) in [5.74, 6) is 0.437. The first-order valence-electron chi connectivity index (χ1n) is 9.13. The van der Waals surface area contributed by atoms with E-state index < -0.39 is 11.9 Å². The minimum Gasteiger partial charge on any atom is -0.486 e. The molecule has 0 fully saturated rings. The molecule has 0 saturated heterocycles. The maximum Gasteiger partial charge on any atom is 0.310 e. The van der Waals surface area contributed by atoms with Crippen molar-refractivity contribution < 1.29 is 23.8 Å². The third-order valence-corrected chi connectivity index (χ3v) is 4.70. The lowest BCUT2D eigenvalue weighted by Crippen LogP contribution is -2.22. The van der Waals surface area contributed by atoms with E-state index >= 15 is 0 Å². The highest BCUT2D eigenvalue weighted by molar-refractivity contribution is 5.93. The third kappa shape index (κ3) is 4.22.